The summed E-state index contributed by atoms with van der Waals surface area (Å²) >= 11 is 0. The molecule has 0 saturated carbocycles. The Bertz CT molecular complexity index is 818. The largest absolute Gasteiger partial charge is 0.358 e. The van der Waals surface area contributed by atoms with Crippen molar-refractivity contribution in [2.24, 2.45) is 13.0 Å². The monoisotopic (exact) mass is 352 g/mol. The second-order valence-corrected chi connectivity index (χ2v) is 7.48. The molecule has 26 heavy (non-hydrogen) atoms. The van der Waals surface area contributed by atoms with Crippen LogP contribution in [-0.2, 0) is 7.05 Å². The molecule has 138 valence electrons. The summed E-state index contributed by atoms with van der Waals surface area (Å²) in [5.41, 5.74) is 3.87. The molecule has 0 N–H and O–H groups in total. The third kappa shape index (κ3) is 3.45. The SMILES string of the molecule is Cc1cc(C)c(C#N)c(N(C)C[C@@H]2CCCN(C)[C@H]2c2ccnn2C)n1. The van der Waals surface area contributed by atoms with Crippen LogP contribution in [0.3, 0.4) is 0 Å². The summed E-state index contributed by atoms with van der Waals surface area (Å²) in [6.45, 7) is 5.93. The van der Waals surface area contributed by atoms with Gasteiger partial charge in [0.15, 0.2) is 0 Å². The van der Waals surface area contributed by atoms with Gasteiger partial charge in [-0.15, -0.1) is 0 Å². The maximum Gasteiger partial charge on any atom is 0.146 e. The lowest BCUT2D eigenvalue weighted by atomic mass is 9.87. The minimum Gasteiger partial charge on any atom is -0.358 e. The lowest BCUT2D eigenvalue weighted by molar-refractivity contribution is 0.118. The van der Waals surface area contributed by atoms with Gasteiger partial charge in [-0.3, -0.25) is 9.58 Å². The molecule has 0 aromatic carbocycles. The first-order valence-electron chi connectivity index (χ1n) is 9.20. The summed E-state index contributed by atoms with van der Waals surface area (Å²) in [4.78, 5) is 9.26. The van der Waals surface area contributed by atoms with E-state index in [2.05, 4.69) is 46.1 Å². The van der Waals surface area contributed by atoms with Gasteiger partial charge in [-0.05, 0) is 63.9 Å². The van der Waals surface area contributed by atoms with E-state index in [-0.39, 0.29) is 0 Å². The topological polar surface area (TPSA) is 61.0 Å². The van der Waals surface area contributed by atoms with Gasteiger partial charge in [0.1, 0.15) is 11.9 Å². The Morgan fingerprint density at radius 3 is 2.77 bits per heavy atom. The zero-order valence-corrected chi connectivity index (χ0v) is 16.4. The molecule has 1 aliphatic rings. The molecule has 3 heterocycles. The third-order valence-corrected chi connectivity index (χ3v) is 5.48. The first-order chi connectivity index (χ1) is 12.4. The van der Waals surface area contributed by atoms with E-state index in [1.54, 1.807) is 0 Å². The number of hydrogen-bond acceptors (Lipinski definition) is 5. The van der Waals surface area contributed by atoms with Crippen molar-refractivity contribution in [3.63, 3.8) is 0 Å². The Hall–Kier alpha value is -2.39. The maximum absolute atomic E-state index is 9.59. The van der Waals surface area contributed by atoms with Crippen LogP contribution in [0.25, 0.3) is 0 Å². The molecule has 0 radical (unpaired) electrons. The number of hydrogen-bond donors (Lipinski definition) is 0. The van der Waals surface area contributed by atoms with Crippen molar-refractivity contribution in [2.45, 2.75) is 32.7 Å². The van der Waals surface area contributed by atoms with Crippen molar-refractivity contribution in [1.82, 2.24) is 19.7 Å². The van der Waals surface area contributed by atoms with E-state index in [0.717, 1.165) is 36.6 Å². The number of pyridine rings is 1. The predicted molar refractivity (Wildman–Crippen MR) is 103 cm³/mol. The molecule has 0 aliphatic carbocycles. The summed E-state index contributed by atoms with van der Waals surface area (Å²) in [5, 5.41) is 14.0. The number of piperidine rings is 1. The molecule has 2 aromatic rings. The van der Waals surface area contributed by atoms with Crippen LogP contribution >= 0.6 is 0 Å². The first kappa shape index (κ1) is 18.4. The molecule has 2 aromatic heterocycles. The van der Waals surface area contributed by atoms with E-state index >= 15 is 0 Å². The van der Waals surface area contributed by atoms with Crippen molar-refractivity contribution < 1.29 is 0 Å². The van der Waals surface area contributed by atoms with Gasteiger partial charge >= 0.3 is 0 Å². The molecule has 2 atom stereocenters. The van der Waals surface area contributed by atoms with Crippen molar-refractivity contribution in [2.75, 3.05) is 32.1 Å². The summed E-state index contributed by atoms with van der Waals surface area (Å²) in [6.07, 6.45) is 4.23. The summed E-state index contributed by atoms with van der Waals surface area (Å²) in [7, 11) is 6.26. The van der Waals surface area contributed by atoms with Crippen LogP contribution in [0.1, 0.15) is 41.4 Å². The van der Waals surface area contributed by atoms with Crippen LogP contribution in [0.2, 0.25) is 0 Å². The molecular weight excluding hydrogens is 324 g/mol. The summed E-state index contributed by atoms with van der Waals surface area (Å²) < 4.78 is 1.98. The normalized spacial score (nSPS) is 20.8. The zero-order valence-electron chi connectivity index (χ0n) is 16.4. The highest BCUT2D eigenvalue weighted by Gasteiger charge is 2.33. The quantitative estimate of drug-likeness (QED) is 0.847. The number of anilines is 1. The fourth-order valence-electron chi connectivity index (χ4n) is 4.26. The molecule has 0 spiro atoms. The van der Waals surface area contributed by atoms with Gasteiger partial charge in [0.05, 0.1) is 17.3 Å². The van der Waals surface area contributed by atoms with Gasteiger partial charge in [0.2, 0.25) is 0 Å². The molecular formula is C20H28N6. The maximum atomic E-state index is 9.59. The van der Waals surface area contributed by atoms with Crippen molar-refractivity contribution >= 4 is 5.82 Å². The Balaban J connectivity index is 1.89. The summed E-state index contributed by atoms with van der Waals surface area (Å²) in [5.74, 6) is 1.25. The molecule has 0 amide bonds. The number of aryl methyl sites for hydroxylation is 3. The van der Waals surface area contributed by atoms with E-state index in [0.29, 0.717) is 17.5 Å². The lowest BCUT2D eigenvalue weighted by Gasteiger charge is -2.41. The van der Waals surface area contributed by atoms with Crippen LogP contribution in [0.5, 0.6) is 0 Å². The molecule has 0 unspecified atom stereocenters. The Kier molecular flexibility index (Phi) is 5.28. The molecule has 1 fully saturated rings. The highest BCUT2D eigenvalue weighted by molar-refractivity contribution is 5.57. The average Bonchev–Trinajstić information content (AvgIpc) is 3.00. The lowest BCUT2D eigenvalue weighted by Crippen LogP contribution is -2.42. The van der Waals surface area contributed by atoms with E-state index in [1.807, 2.05) is 37.8 Å². The van der Waals surface area contributed by atoms with E-state index in [4.69, 9.17) is 0 Å². The van der Waals surface area contributed by atoms with Gasteiger partial charge in [0, 0.05) is 32.5 Å². The fourth-order valence-corrected chi connectivity index (χ4v) is 4.26. The van der Waals surface area contributed by atoms with Crippen LogP contribution in [-0.4, -0.2) is 46.8 Å². The molecule has 1 aliphatic heterocycles. The van der Waals surface area contributed by atoms with E-state index < -0.39 is 0 Å². The average molecular weight is 352 g/mol. The Morgan fingerprint density at radius 1 is 1.35 bits per heavy atom. The van der Waals surface area contributed by atoms with Gasteiger partial charge in [0.25, 0.3) is 0 Å². The van der Waals surface area contributed by atoms with Gasteiger partial charge in [-0.1, -0.05) is 0 Å². The fraction of sp³-hybridized carbons (Fsp3) is 0.550. The van der Waals surface area contributed by atoms with Crippen LogP contribution in [0, 0.1) is 31.1 Å². The highest BCUT2D eigenvalue weighted by atomic mass is 15.3. The van der Waals surface area contributed by atoms with Crippen molar-refractivity contribution in [1.29, 1.82) is 5.26 Å². The predicted octanol–water partition coefficient (Wildman–Crippen LogP) is 2.82. The Morgan fingerprint density at radius 2 is 2.12 bits per heavy atom. The second kappa shape index (κ2) is 7.46. The van der Waals surface area contributed by atoms with Gasteiger partial charge in [-0.25, -0.2) is 4.98 Å². The third-order valence-electron chi connectivity index (χ3n) is 5.48. The Labute approximate surface area is 156 Å². The number of nitriles is 1. The van der Waals surface area contributed by atoms with Gasteiger partial charge in [-0.2, -0.15) is 10.4 Å². The number of nitrogens with zero attached hydrogens (tertiary/aromatic N) is 6. The summed E-state index contributed by atoms with van der Waals surface area (Å²) in [6, 6.07) is 6.76. The second-order valence-electron chi connectivity index (χ2n) is 7.48. The van der Waals surface area contributed by atoms with Crippen LogP contribution in [0.15, 0.2) is 18.3 Å². The number of likely N-dealkylation sites (tertiary alicyclic amines) is 1. The smallest absolute Gasteiger partial charge is 0.146 e. The van der Waals surface area contributed by atoms with Crippen molar-refractivity contribution in [3.8, 4) is 6.07 Å². The minimum atomic E-state index is 0.329. The molecule has 0 bridgehead atoms. The molecule has 6 heteroatoms. The molecule has 1 saturated heterocycles. The molecule has 3 rings (SSSR count). The zero-order chi connectivity index (χ0) is 18.8. The molecule has 6 nitrogen and oxygen atoms in total. The van der Waals surface area contributed by atoms with Crippen LogP contribution in [0.4, 0.5) is 5.82 Å². The minimum absolute atomic E-state index is 0.329. The van der Waals surface area contributed by atoms with Gasteiger partial charge < -0.3 is 4.90 Å². The standard InChI is InChI=1S/C20H28N6/c1-14-11-15(2)23-20(17(14)12-21)25(4)13-16-7-6-10-24(3)19(16)18-8-9-22-26(18)5/h8-9,11,16,19H,6-7,10,13H2,1-5H3/t16-,19+/m0/s1. The van der Waals surface area contributed by atoms with E-state index in [9.17, 15) is 5.26 Å². The number of rotatable bonds is 4. The highest BCUT2D eigenvalue weighted by Crippen LogP contribution is 2.36. The number of aromatic nitrogens is 3. The van der Waals surface area contributed by atoms with Crippen molar-refractivity contribution in [3.05, 3.63) is 40.8 Å². The van der Waals surface area contributed by atoms with E-state index in [1.165, 1.54) is 12.1 Å². The van der Waals surface area contributed by atoms with Crippen LogP contribution < -0.4 is 4.90 Å². The first-order valence-corrected chi connectivity index (χ1v) is 9.20.